The van der Waals surface area contributed by atoms with Crippen molar-refractivity contribution in [1.29, 1.82) is 0 Å². The van der Waals surface area contributed by atoms with Crippen molar-refractivity contribution >= 4 is 17.5 Å². The quantitative estimate of drug-likeness (QED) is 0.857. The lowest BCUT2D eigenvalue weighted by Gasteiger charge is -2.06. The van der Waals surface area contributed by atoms with Crippen molar-refractivity contribution in [3.63, 3.8) is 0 Å². The van der Waals surface area contributed by atoms with Crippen molar-refractivity contribution in [2.24, 2.45) is 5.73 Å². The van der Waals surface area contributed by atoms with E-state index in [0.717, 1.165) is 22.4 Å². The fourth-order valence-electron chi connectivity index (χ4n) is 2.26. The molecule has 3 rings (SSSR count). The summed E-state index contributed by atoms with van der Waals surface area (Å²) in [6, 6.07) is 12.9. The first-order valence-electron chi connectivity index (χ1n) is 5.96. The Kier molecular flexibility index (Phi) is 2.56. The molecule has 0 bridgehead atoms. The molecule has 2 aromatic rings. The molecule has 0 aliphatic carbocycles. The minimum Gasteiger partial charge on any atom is -0.366 e. The third-order valence-electron chi connectivity index (χ3n) is 3.21. The molecule has 2 aromatic carbocycles. The highest BCUT2D eigenvalue weighted by Crippen LogP contribution is 2.29. The van der Waals surface area contributed by atoms with Crippen LogP contribution in [0.1, 0.15) is 15.9 Å². The highest BCUT2D eigenvalue weighted by Gasteiger charge is 2.17. The fourth-order valence-corrected chi connectivity index (χ4v) is 2.26. The molecule has 19 heavy (non-hydrogen) atoms. The van der Waals surface area contributed by atoms with E-state index in [0.29, 0.717) is 12.0 Å². The van der Waals surface area contributed by atoms with Crippen molar-refractivity contribution < 1.29 is 9.59 Å². The number of benzene rings is 2. The molecule has 1 heterocycles. The van der Waals surface area contributed by atoms with Crippen LogP contribution in [-0.2, 0) is 11.2 Å². The second-order valence-corrected chi connectivity index (χ2v) is 4.54. The average molecular weight is 252 g/mol. The molecule has 4 heteroatoms. The zero-order chi connectivity index (χ0) is 13.4. The lowest BCUT2D eigenvalue weighted by atomic mass is 10.00. The maximum absolute atomic E-state index is 11.3. The van der Waals surface area contributed by atoms with E-state index in [9.17, 15) is 9.59 Å². The number of hydrogen-bond acceptors (Lipinski definition) is 2. The summed E-state index contributed by atoms with van der Waals surface area (Å²) in [5.74, 6) is -0.433. The fraction of sp³-hybridized carbons (Fsp3) is 0.0667. The van der Waals surface area contributed by atoms with Crippen LogP contribution in [0.15, 0.2) is 42.5 Å². The SMILES string of the molecule is NC(=O)c1cccc(-c2ccc3c(c2)CC(=O)N3)c1. The van der Waals surface area contributed by atoms with Gasteiger partial charge in [-0.05, 0) is 41.0 Å². The van der Waals surface area contributed by atoms with Crippen molar-refractivity contribution in [2.45, 2.75) is 6.42 Å². The molecule has 1 aliphatic rings. The first kappa shape index (κ1) is 11.5. The number of carbonyl (C=O) groups is 2. The highest BCUT2D eigenvalue weighted by molar-refractivity contribution is 6.00. The third kappa shape index (κ3) is 2.08. The van der Waals surface area contributed by atoms with Crippen LogP contribution in [-0.4, -0.2) is 11.8 Å². The van der Waals surface area contributed by atoms with Crippen LogP contribution in [0.3, 0.4) is 0 Å². The molecule has 2 amide bonds. The standard InChI is InChI=1S/C15H12N2O2/c16-15(19)11-3-1-2-9(6-11)10-4-5-13-12(7-10)8-14(18)17-13/h1-7H,8H2,(H2,16,19)(H,17,18). The van der Waals surface area contributed by atoms with Gasteiger partial charge in [0.2, 0.25) is 11.8 Å². The number of carbonyl (C=O) groups excluding carboxylic acids is 2. The Hall–Kier alpha value is -2.62. The van der Waals surface area contributed by atoms with Gasteiger partial charge in [-0.1, -0.05) is 18.2 Å². The van der Waals surface area contributed by atoms with Crippen molar-refractivity contribution in [3.8, 4) is 11.1 Å². The van der Waals surface area contributed by atoms with Gasteiger partial charge in [0.05, 0.1) is 6.42 Å². The Morgan fingerprint density at radius 2 is 1.89 bits per heavy atom. The van der Waals surface area contributed by atoms with E-state index in [4.69, 9.17) is 5.73 Å². The number of nitrogens with two attached hydrogens (primary N) is 1. The van der Waals surface area contributed by atoms with Crippen molar-refractivity contribution in [1.82, 2.24) is 0 Å². The molecule has 3 N–H and O–H groups in total. The molecule has 0 saturated heterocycles. The van der Waals surface area contributed by atoms with Gasteiger partial charge >= 0.3 is 0 Å². The van der Waals surface area contributed by atoms with Crippen molar-refractivity contribution in [2.75, 3.05) is 5.32 Å². The number of fused-ring (bicyclic) bond motifs is 1. The van der Waals surface area contributed by atoms with Gasteiger partial charge in [-0.2, -0.15) is 0 Å². The number of amides is 2. The topological polar surface area (TPSA) is 72.2 Å². The van der Waals surface area contributed by atoms with Crippen LogP contribution < -0.4 is 11.1 Å². The van der Waals surface area contributed by atoms with E-state index in [1.54, 1.807) is 18.2 Å². The van der Waals surface area contributed by atoms with Gasteiger partial charge in [0.15, 0.2) is 0 Å². The molecule has 0 spiro atoms. The Labute approximate surface area is 110 Å². The van der Waals surface area contributed by atoms with Gasteiger partial charge < -0.3 is 11.1 Å². The second-order valence-electron chi connectivity index (χ2n) is 4.54. The summed E-state index contributed by atoms with van der Waals surface area (Å²) >= 11 is 0. The largest absolute Gasteiger partial charge is 0.366 e. The van der Waals surface area contributed by atoms with Gasteiger partial charge in [0.25, 0.3) is 0 Å². The van der Waals surface area contributed by atoms with E-state index >= 15 is 0 Å². The summed E-state index contributed by atoms with van der Waals surface area (Å²) in [5, 5.41) is 2.79. The van der Waals surface area contributed by atoms with Crippen LogP contribution >= 0.6 is 0 Å². The van der Waals surface area contributed by atoms with Gasteiger partial charge in [0.1, 0.15) is 0 Å². The molecule has 0 fully saturated rings. The molecule has 0 unspecified atom stereocenters. The summed E-state index contributed by atoms with van der Waals surface area (Å²) in [5.41, 5.74) is 9.48. The average Bonchev–Trinajstić information content (AvgIpc) is 2.77. The van der Waals surface area contributed by atoms with Crippen molar-refractivity contribution in [3.05, 3.63) is 53.6 Å². The lowest BCUT2D eigenvalue weighted by molar-refractivity contribution is -0.115. The van der Waals surface area contributed by atoms with Gasteiger partial charge in [0, 0.05) is 11.3 Å². The van der Waals surface area contributed by atoms with Crippen LogP contribution in [0, 0.1) is 0 Å². The molecule has 0 atom stereocenters. The van der Waals surface area contributed by atoms with Crippen LogP contribution in [0.25, 0.3) is 11.1 Å². The summed E-state index contributed by atoms with van der Waals surface area (Å²) in [7, 11) is 0. The molecular formula is C15H12N2O2. The van der Waals surface area contributed by atoms with E-state index in [1.807, 2.05) is 24.3 Å². The molecule has 4 nitrogen and oxygen atoms in total. The molecular weight excluding hydrogens is 240 g/mol. The normalized spacial score (nSPS) is 12.9. The Morgan fingerprint density at radius 3 is 2.68 bits per heavy atom. The summed E-state index contributed by atoms with van der Waals surface area (Å²) in [6.45, 7) is 0. The molecule has 94 valence electrons. The number of primary amides is 1. The Morgan fingerprint density at radius 1 is 1.11 bits per heavy atom. The zero-order valence-electron chi connectivity index (χ0n) is 10.1. The van der Waals surface area contributed by atoms with Crippen LogP contribution in [0.4, 0.5) is 5.69 Å². The van der Waals surface area contributed by atoms with Gasteiger partial charge in [-0.3, -0.25) is 9.59 Å². The first-order valence-corrected chi connectivity index (χ1v) is 5.96. The minimum absolute atomic E-state index is 0.0121. The predicted octanol–water partition coefficient (Wildman–Crippen LogP) is 1.95. The Balaban J connectivity index is 2.04. The number of rotatable bonds is 2. The van der Waals surface area contributed by atoms with E-state index in [1.165, 1.54) is 0 Å². The smallest absolute Gasteiger partial charge is 0.248 e. The van der Waals surface area contributed by atoms with E-state index in [2.05, 4.69) is 5.32 Å². The predicted molar refractivity (Wildman–Crippen MR) is 72.7 cm³/mol. The lowest BCUT2D eigenvalue weighted by Crippen LogP contribution is -2.10. The third-order valence-corrected chi connectivity index (χ3v) is 3.21. The maximum atomic E-state index is 11.3. The monoisotopic (exact) mass is 252 g/mol. The number of nitrogens with one attached hydrogen (secondary N) is 1. The molecule has 0 saturated carbocycles. The molecule has 1 aliphatic heterocycles. The molecule has 0 radical (unpaired) electrons. The summed E-state index contributed by atoms with van der Waals surface area (Å²) in [4.78, 5) is 22.5. The second kappa shape index (κ2) is 4.24. The van der Waals surface area contributed by atoms with E-state index < -0.39 is 5.91 Å². The molecule has 0 aromatic heterocycles. The number of anilines is 1. The Bertz CT molecular complexity index is 692. The van der Waals surface area contributed by atoms with Crippen LogP contribution in [0.2, 0.25) is 0 Å². The van der Waals surface area contributed by atoms with Gasteiger partial charge in [-0.25, -0.2) is 0 Å². The summed E-state index contributed by atoms with van der Waals surface area (Å²) < 4.78 is 0. The maximum Gasteiger partial charge on any atom is 0.248 e. The minimum atomic E-state index is -0.445. The van der Waals surface area contributed by atoms with E-state index in [-0.39, 0.29) is 5.91 Å². The first-order chi connectivity index (χ1) is 9.13. The van der Waals surface area contributed by atoms with Crippen LogP contribution in [0.5, 0.6) is 0 Å². The summed E-state index contributed by atoms with van der Waals surface area (Å²) in [6.07, 6.45) is 0.401. The zero-order valence-corrected chi connectivity index (χ0v) is 10.1. The van der Waals surface area contributed by atoms with Gasteiger partial charge in [-0.15, -0.1) is 0 Å². The number of hydrogen-bond donors (Lipinski definition) is 2. The highest BCUT2D eigenvalue weighted by atomic mass is 16.2.